The van der Waals surface area contributed by atoms with Crippen molar-refractivity contribution in [2.45, 2.75) is 6.42 Å². The number of primary amides is 1. The van der Waals surface area contributed by atoms with Crippen molar-refractivity contribution in [3.05, 3.63) is 12.2 Å². The van der Waals surface area contributed by atoms with Crippen LogP contribution in [-0.2, 0) is 4.79 Å². The van der Waals surface area contributed by atoms with Gasteiger partial charge in [0, 0.05) is 32.7 Å². The summed E-state index contributed by atoms with van der Waals surface area (Å²) in [6.07, 6.45) is 4.18. The topological polar surface area (TPSA) is 58.4 Å². The zero-order chi connectivity index (χ0) is 9.52. The number of carbonyl (C=O) groups is 1. The number of hydrogen-bond donors (Lipinski definition) is 2. The summed E-state index contributed by atoms with van der Waals surface area (Å²) in [7, 11) is 0. The number of amides is 1. The van der Waals surface area contributed by atoms with E-state index in [0.29, 0.717) is 0 Å². The third kappa shape index (κ3) is 4.65. The molecule has 1 aliphatic heterocycles. The molecule has 0 spiro atoms. The van der Waals surface area contributed by atoms with Crippen LogP contribution in [0.4, 0.5) is 0 Å². The molecule has 1 amide bonds. The van der Waals surface area contributed by atoms with E-state index in [1.165, 1.54) is 6.08 Å². The lowest BCUT2D eigenvalue weighted by Gasteiger charge is -2.26. The van der Waals surface area contributed by atoms with Crippen LogP contribution in [0.1, 0.15) is 6.42 Å². The van der Waals surface area contributed by atoms with Gasteiger partial charge in [-0.1, -0.05) is 6.08 Å². The molecule has 3 N–H and O–H groups in total. The van der Waals surface area contributed by atoms with Crippen molar-refractivity contribution in [3.63, 3.8) is 0 Å². The molecule has 13 heavy (non-hydrogen) atoms. The summed E-state index contributed by atoms with van der Waals surface area (Å²) in [5, 5.41) is 3.29. The van der Waals surface area contributed by atoms with Crippen LogP contribution in [0.25, 0.3) is 0 Å². The molecule has 0 unspecified atom stereocenters. The van der Waals surface area contributed by atoms with Crippen LogP contribution in [0.15, 0.2) is 12.2 Å². The number of piperazine rings is 1. The maximum Gasteiger partial charge on any atom is 0.241 e. The predicted octanol–water partition coefficient (Wildman–Crippen LogP) is -0.677. The molecule has 1 aliphatic rings. The Hall–Kier alpha value is -0.870. The SMILES string of the molecule is NC(=O)C=CCCN1CCNCC1. The molecule has 0 atom stereocenters. The lowest BCUT2D eigenvalue weighted by atomic mass is 10.3. The van der Waals surface area contributed by atoms with Crippen molar-refractivity contribution in [3.8, 4) is 0 Å². The van der Waals surface area contributed by atoms with E-state index in [1.54, 1.807) is 0 Å². The molecule has 1 heterocycles. The smallest absolute Gasteiger partial charge is 0.241 e. The van der Waals surface area contributed by atoms with E-state index in [4.69, 9.17) is 5.73 Å². The van der Waals surface area contributed by atoms with Crippen molar-refractivity contribution < 1.29 is 4.79 Å². The Morgan fingerprint density at radius 3 is 2.77 bits per heavy atom. The van der Waals surface area contributed by atoms with Crippen molar-refractivity contribution in [2.75, 3.05) is 32.7 Å². The molecule has 0 bridgehead atoms. The first-order valence-electron chi connectivity index (χ1n) is 4.68. The van der Waals surface area contributed by atoms with E-state index in [-0.39, 0.29) is 5.91 Å². The molecule has 0 aliphatic carbocycles. The van der Waals surface area contributed by atoms with Gasteiger partial charge in [-0.05, 0) is 12.5 Å². The van der Waals surface area contributed by atoms with Gasteiger partial charge in [0.25, 0.3) is 0 Å². The highest BCUT2D eigenvalue weighted by molar-refractivity contribution is 5.85. The van der Waals surface area contributed by atoms with Crippen LogP contribution < -0.4 is 11.1 Å². The van der Waals surface area contributed by atoms with Gasteiger partial charge in [-0.3, -0.25) is 4.79 Å². The Labute approximate surface area is 78.8 Å². The lowest BCUT2D eigenvalue weighted by molar-refractivity contribution is -0.113. The number of carbonyl (C=O) groups excluding carboxylic acids is 1. The minimum Gasteiger partial charge on any atom is -0.366 e. The van der Waals surface area contributed by atoms with Gasteiger partial charge in [0.05, 0.1) is 0 Å². The van der Waals surface area contributed by atoms with Crippen molar-refractivity contribution in [2.24, 2.45) is 5.73 Å². The summed E-state index contributed by atoms with van der Waals surface area (Å²) in [5.41, 5.74) is 4.96. The summed E-state index contributed by atoms with van der Waals surface area (Å²) in [4.78, 5) is 12.7. The van der Waals surface area contributed by atoms with E-state index < -0.39 is 0 Å². The van der Waals surface area contributed by atoms with E-state index >= 15 is 0 Å². The van der Waals surface area contributed by atoms with Gasteiger partial charge in [0.2, 0.25) is 5.91 Å². The molecule has 0 radical (unpaired) electrons. The van der Waals surface area contributed by atoms with E-state index in [9.17, 15) is 4.79 Å². The van der Waals surface area contributed by atoms with Crippen LogP contribution in [0.3, 0.4) is 0 Å². The maximum absolute atomic E-state index is 10.4. The van der Waals surface area contributed by atoms with Gasteiger partial charge in [-0.15, -0.1) is 0 Å². The first-order chi connectivity index (χ1) is 6.29. The summed E-state index contributed by atoms with van der Waals surface area (Å²) in [5.74, 6) is -0.361. The average molecular weight is 183 g/mol. The van der Waals surface area contributed by atoms with Gasteiger partial charge >= 0.3 is 0 Å². The minimum absolute atomic E-state index is 0.361. The minimum atomic E-state index is -0.361. The molecule has 0 saturated carbocycles. The monoisotopic (exact) mass is 183 g/mol. The third-order valence-corrected chi connectivity index (χ3v) is 2.10. The highest BCUT2D eigenvalue weighted by atomic mass is 16.1. The van der Waals surface area contributed by atoms with Crippen molar-refractivity contribution >= 4 is 5.91 Å². The third-order valence-electron chi connectivity index (χ3n) is 2.10. The number of nitrogens with one attached hydrogen (secondary N) is 1. The summed E-state index contributed by atoms with van der Waals surface area (Å²) < 4.78 is 0. The molecular weight excluding hydrogens is 166 g/mol. The molecule has 1 saturated heterocycles. The normalized spacial score (nSPS) is 19.4. The van der Waals surface area contributed by atoms with Gasteiger partial charge in [-0.25, -0.2) is 0 Å². The zero-order valence-electron chi connectivity index (χ0n) is 7.83. The number of nitrogens with two attached hydrogens (primary N) is 1. The van der Waals surface area contributed by atoms with Gasteiger partial charge in [0.15, 0.2) is 0 Å². The molecular formula is C9H17N3O. The largest absolute Gasteiger partial charge is 0.366 e. The maximum atomic E-state index is 10.4. The Morgan fingerprint density at radius 1 is 1.46 bits per heavy atom. The molecule has 74 valence electrons. The Morgan fingerprint density at radius 2 is 2.15 bits per heavy atom. The average Bonchev–Trinajstić information content (AvgIpc) is 2.14. The molecule has 4 nitrogen and oxygen atoms in total. The fourth-order valence-electron chi connectivity index (χ4n) is 1.39. The second kappa shape index (κ2) is 5.72. The predicted molar refractivity (Wildman–Crippen MR) is 52.3 cm³/mol. The first kappa shape index (κ1) is 10.2. The molecule has 0 aromatic heterocycles. The summed E-state index contributed by atoms with van der Waals surface area (Å²) in [6, 6.07) is 0. The second-order valence-corrected chi connectivity index (χ2v) is 3.19. The quantitative estimate of drug-likeness (QED) is 0.568. The molecule has 1 fully saturated rings. The fourth-order valence-corrected chi connectivity index (χ4v) is 1.39. The standard InChI is InChI=1S/C9H17N3O/c10-9(13)3-1-2-6-12-7-4-11-5-8-12/h1,3,11H,2,4-8H2,(H2,10,13). The van der Waals surface area contributed by atoms with Gasteiger partial charge in [0.1, 0.15) is 0 Å². The second-order valence-electron chi connectivity index (χ2n) is 3.19. The number of nitrogens with zero attached hydrogens (tertiary/aromatic N) is 1. The van der Waals surface area contributed by atoms with Gasteiger partial charge < -0.3 is 16.0 Å². The van der Waals surface area contributed by atoms with Crippen LogP contribution in [0.5, 0.6) is 0 Å². The van der Waals surface area contributed by atoms with Crippen LogP contribution in [-0.4, -0.2) is 43.5 Å². The van der Waals surface area contributed by atoms with Gasteiger partial charge in [-0.2, -0.15) is 0 Å². The molecule has 0 aromatic carbocycles. The molecule has 1 rings (SSSR count). The van der Waals surface area contributed by atoms with E-state index in [2.05, 4.69) is 10.2 Å². The van der Waals surface area contributed by atoms with Crippen molar-refractivity contribution in [1.29, 1.82) is 0 Å². The van der Waals surface area contributed by atoms with E-state index in [0.717, 1.165) is 39.1 Å². The van der Waals surface area contributed by atoms with E-state index in [1.807, 2.05) is 6.08 Å². The Bertz CT molecular complexity index is 185. The number of rotatable bonds is 4. The lowest BCUT2D eigenvalue weighted by Crippen LogP contribution is -2.43. The first-order valence-corrected chi connectivity index (χ1v) is 4.68. The number of hydrogen-bond acceptors (Lipinski definition) is 3. The summed E-state index contributed by atoms with van der Waals surface area (Å²) in [6.45, 7) is 5.36. The van der Waals surface area contributed by atoms with Crippen LogP contribution in [0.2, 0.25) is 0 Å². The highest BCUT2D eigenvalue weighted by Crippen LogP contribution is 1.94. The highest BCUT2D eigenvalue weighted by Gasteiger charge is 2.06. The zero-order valence-corrected chi connectivity index (χ0v) is 7.83. The molecule has 4 heteroatoms. The van der Waals surface area contributed by atoms with Crippen molar-refractivity contribution in [1.82, 2.24) is 10.2 Å². The van der Waals surface area contributed by atoms with Crippen LogP contribution in [0, 0.1) is 0 Å². The summed E-state index contributed by atoms with van der Waals surface area (Å²) >= 11 is 0. The Balaban J connectivity index is 2.07. The molecule has 0 aromatic rings. The Kier molecular flexibility index (Phi) is 4.49. The fraction of sp³-hybridized carbons (Fsp3) is 0.667. The van der Waals surface area contributed by atoms with Crippen LogP contribution >= 0.6 is 0 Å².